The van der Waals surface area contributed by atoms with Gasteiger partial charge in [-0.05, 0) is 26.2 Å². The second-order valence-corrected chi connectivity index (χ2v) is 9.58. The number of allylic oxidation sites excluding steroid dienone is 4. The van der Waals surface area contributed by atoms with Crippen LogP contribution in [0.15, 0.2) is 36.7 Å². The summed E-state index contributed by atoms with van der Waals surface area (Å²) in [6.07, 6.45) is 35.1. The summed E-state index contributed by atoms with van der Waals surface area (Å²) in [5, 5.41) is 0. The van der Waals surface area contributed by atoms with Crippen molar-refractivity contribution >= 4 is 0 Å². The van der Waals surface area contributed by atoms with Crippen molar-refractivity contribution in [1.82, 2.24) is 9.55 Å². The molecule has 0 aromatic carbocycles. The highest BCUT2D eigenvalue weighted by atomic mass is 15.1. The Labute approximate surface area is 187 Å². The normalized spacial score (nSPS) is 19.4. The molecular formula is C28H48N2. The minimum Gasteiger partial charge on any atom is -0.331 e. The molecule has 0 radical (unpaired) electrons. The van der Waals surface area contributed by atoms with Gasteiger partial charge in [-0.2, -0.15) is 0 Å². The van der Waals surface area contributed by atoms with Crippen molar-refractivity contribution in [2.45, 2.75) is 135 Å². The highest BCUT2D eigenvalue weighted by molar-refractivity contribution is 5.28. The smallest absolute Gasteiger partial charge is 0.119 e. The first kappa shape index (κ1) is 25.0. The third kappa shape index (κ3) is 8.08. The van der Waals surface area contributed by atoms with E-state index in [0.29, 0.717) is 6.04 Å². The maximum atomic E-state index is 4.84. The lowest BCUT2D eigenvalue weighted by Crippen LogP contribution is -2.29. The van der Waals surface area contributed by atoms with E-state index in [9.17, 15) is 0 Å². The average Bonchev–Trinajstić information content (AvgIpc) is 3.26. The van der Waals surface area contributed by atoms with Gasteiger partial charge < -0.3 is 4.57 Å². The van der Waals surface area contributed by atoms with Crippen molar-refractivity contribution in [2.75, 3.05) is 0 Å². The molecule has 0 saturated carbocycles. The fourth-order valence-corrected chi connectivity index (χ4v) is 5.05. The molecule has 0 aliphatic heterocycles. The van der Waals surface area contributed by atoms with Gasteiger partial charge in [0.2, 0.25) is 0 Å². The van der Waals surface area contributed by atoms with Crippen LogP contribution in [-0.4, -0.2) is 9.55 Å². The summed E-state index contributed by atoms with van der Waals surface area (Å²) in [7, 11) is 0. The third-order valence-electron chi connectivity index (χ3n) is 6.90. The molecule has 2 rings (SSSR count). The Morgan fingerprint density at radius 1 is 0.867 bits per heavy atom. The molecule has 1 heterocycles. The number of nitrogens with zero attached hydrogens (tertiary/aromatic N) is 2. The lowest BCUT2D eigenvalue weighted by Gasteiger charge is -2.32. The zero-order valence-corrected chi connectivity index (χ0v) is 20.2. The molecule has 170 valence electrons. The van der Waals surface area contributed by atoms with Crippen LogP contribution in [-0.2, 0) is 5.41 Å². The van der Waals surface area contributed by atoms with Crippen molar-refractivity contribution < 1.29 is 0 Å². The number of rotatable bonds is 17. The van der Waals surface area contributed by atoms with Gasteiger partial charge in [0.15, 0.2) is 0 Å². The van der Waals surface area contributed by atoms with Crippen LogP contribution in [0.25, 0.3) is 0 Å². The summed E-state index contributed by atoms with van der Waals surface area (Å²) in [4.78, 5) is 4.84. The molecule has 0 fully saturated rings. The highest BCUT2D eigenvalue weighted by Gasteiger charge is 2.33. The van der Waals surface area contributed by atoms with Crippen LogP contribution >= 0.6 is 0 Å². The first-order valence-corrected chi connectivity index (χ1v) is 13.1. The molecule has 0 saturated heterocycles. The number of imidazole rings is 1. The molecule has 0 amide bonds. The van der Waals surface area contributed by atoms with E-state index in [1.165, 1.54) is 102 Å². The fourth-order valence-electron chi connectivity index (χ4n) is 5.05. The predicted molar refractivity (Wildman–Crippen MR) is 132 cm³/mol. The van der Waals surface area contributed by atoms with E-state index in [4.69, 9.17) is 4.98 Å². The molecule has 0 N–H and O–H groups in total. The molecule has 0 bridgehead atoms. The molecule has 1 aliphatic rings. The zero-order chi connectivity index (χ0) is 21.5. The van der Waals surface area contributed by atoms with E-state index >= 15 is 0 Å². The van der Waals surface area contributed by atoms with E-state index in [2.05, 4.69) is 55.8 Å². The Balaban J connectivity index is 1.64. The standard InChI is InChI=1S/C28H48N2/c1-4-6-7-8-9-10-11-12-13-14-15-17-20-26(3)30-25-24-29-27(30)28(21-5-2)22-18-16-19-23-28/h16,18-19,22,24-26H,4-15,17,20-21,23H2,1-3H3. The molecule has 2 unspecified atom stereocenters. The van der Waals surface area contributed by atoms with Gasteiger partial charge in [-0.25, -0.2) is 4.98 Å². The van der Waals surface area contributed by atoms with Crippen molar-refractivity contribution in [3.63, 3.8) is 0 Å². The monoisotopic (exact) mass is 412 g/mol. The Kier molecular flexibility index (Phi) is 12.2. The molecule has 1 aliphatic carbocycles. The largest absolute Gasteiger partial charge is 0.331 e. The van der Waals surface area contributed by atoms with E-state index in [1.807, 2.05) is 6.20 Å². The molecule has 1 aromatic heterocycles. The Morgan fingerprint density at radius 2 is 1.50 bits per heavy atom. The summed E-state index contributed by atoms with van der Waals surface area (Å²) < 4.78 is 2.47. The second-order valence-electron chi connectivity index (χ2n) is 9.58. The molecule has 2 heteroatoms. The lowest BCUT2D eigenvalue weighted by molar-refractivity contribution is 0.390. The molecule has 2 atom stereocenters. The maximum absolute atomic E-state index is 4.84. The summed E-state index contributed by atoms with van der Waals surface area (Å²) in [5.74, 6) is 1.27. The van der Waals surface area contributed by atoms with Crippen molar-refractivity contribution in [2.24, 2.45) is 0 Å². The van der Waals surface area contributed by atoms with Crippen LogP contribution in [0.3, 0.4) is 0 Å². The lowest BCUT2D eigenvalue weighted by atomic mass is 9.77. The number of hydrogen-bond acceptors (Lipinski definition) is 1. The fraction of sp³-hybridized carbons (Fsp3) is 0.750. The van der Waals surface area contributed by atoms with Crippen LogP contribution in [0.1, 0.15) is 135 Å². The second kappa shape index (κ2) is 14.7. The van der Waals surface area contributed by atoms with Gasteiger partial charge in [0, 0.05) is 18.4 Å². The SMILES string of the molecule is CCCCCCCCCCCCCCC(C)n1ccnc1C1(CCC)C=CC=CC1. The van der Waals surface area contributed by atoms with Crippen molar-refractivity contribution in [1.29, 1.82) is 0 Å². The van der Waals surface area contributed by atoms with Crippen LogP contribution in [0.2, 0.25) is 0 Å². The van der Waals surface area contributed by atoms with E-state index < -0.39 is 0 Å². The highest BCUT2D eigenvalue weighted by Crippen LogP contribution is 2.37. The van der Waals surface area contributed by atoms with Crippen molar-refractivity contribution in [3.05, 3.63) is 42.5 Å². The van der Waals surface area contributed by atoms with Crippen LogP contribution in [0, 0.1) is 0 Å². The van der Waals surface area contributed by atoms with E-state index in [0.717, 1.165) is 6.42 Å². The molecule has 2 nitrogen and oxygen atoms in total. The Hall–Kier alpha value is -1.31. The number of aromatic nitrogens is 2. The number of unbranched alkanes of at least 4 members (excludes halogenated alkanes) is 11. The van der Waals surface area contributed by atoms with Crippen molar-refractivity contribution in [3.8, 4) is 0 Å². The zero-order valence-electron chi connectivity index (χ0n) is 20.2. The average molecular weight is 413 g/mol. The van der Waals surface area contributed by atoms with Gasteiger partial charge in [-0.1, -0.05) is 122 Å². The minimum atomic E-state index is 0.0950. The predicted octanol–water partition coefficient (Wildman–Crippen LogP) is 9.09. The number of hydrogen-bond donors (Lipinski definition) is 0. The van der Waals surface area contributed by atoms with Gasteiger partial charge in [0.05, 0.1) is 5.41 Å². The summed E-state index contributed by atoms with van der Waals surface area (Å²) in [6.45, 7) is 6.96. The van der Waals surface area contributed by atoms with E-state index in [-0.39, 0.29) is 5.41 Å². The summed E-state index contributed by atoms with van der Waals surface area (Å²) >= 11 is 0. The Morgan fingerprint density at radius 3 is 2.07 bits per heavy atom. The summed E-state index contributed by atoms with van der Waals surface area (Å²) in [5.41, 5.74) is 0.0950. The summed E-state index contributed by atoms with van der Waals surface area (Å²) in [6, 6.07) is 0.540. The molecular weight excluding hydrogens is 364 g/mol. The maximum Gasteiger partial charge on any atom is 0.119 e. The first-order valence-electron chi connectivity index (χ1n) is 13.1. The first-order chi connectivity index (χ1) is 14.7. The van der Waals surface area contributed by atoms with Gasteiger partial charge in [0.1, 0.15) is 5.82 Å². The topological polar surface area (TPSA) is 17.8 Å². The van der Waals surface area contributed by atoms with Gasteiger partial charge >= 0.3 is 0 Å². The minimum absolute atomic E-state index is 0.0950. The third-order valence-corrected chi connectivity index (χ3v) is 6.90. The van der Waals surface area contributed by atoms with E-state index in [1.54, 1.807) is 0 Å². The molecule has 1 aromatic rings. The Bertz CT molecular complexity index is 612. The quantitative estimate of drug-likeness (QED) is 0.233. The van der Waals surface area contributed by atoms with Gasteiger partial charge in [-0.3, -0.25) is 0 Å². The van der Waals surface area contributed by atoms with Gasteiger partial charge in [-0.15, -0.1) is 0 Å². The van der Waals surface area contributed by atoms with Gasteiger partial charge in [0.25, 0.3) is 0 Å². The van der Waals surface area contributed by atoms with Crippen LogP contribution in [0.5, 0.6) is 0 Å². The van der Waals surface area contributed by atoms with Crippen LogP contribution in [0.4, 0.5) is 0 Å². The van der Waals surface area contributed by atoms with Crippen LogP contribution < -0.4 is 0 Å². The molecule has 0 spiro atoms. The molecule has 30 heavy (non-hydrogen) atoms.